The van der Waals surface area contributed by atoms with Crippen molar-refractivity contribution >= 4 is 28.4 Å². The minimum atomic E-state index is -1.49. The molecule has 0 bridgehead atoms. The Balaban J connectivity index is 2.21. The van der Waals surface area contributed by atoms with Crippen LogP contribution in [0.4, 0.5) is 0 Å². The Morgan fingerprint density at radius 1 is 1.62 bits per heavy atom. The van der Waals surface area contributed by atoms with Gasteiger partial charge in [0.1, 0.15) is 16.5 Å². The van der Waals surface area contributed by atoms with Crippen molar-refractivity contribution < 1.29 is 15.1 Å². The van der Waals surface area contributed by atoms with Gasteiger partial charge >= 0.3 is 0 Å². The van der Waals surface area contributed by atoms with E-state index in [1.807, 2.05) is 6.92 Å². The van der Waals surface area contributed by atoms with Gasteiger partial charge in [-0.25, -0.2) is 4.99 Å². The second-order valence-electron chi connectivity index (χ2n) is 5.41. The number of H-pyrrole nitrogens is 1. The van der Waals surface area contributed by atoms with Crippen LogP contribution in [-0.4, -0.2) is 43.4 Å². The normalized spacial score (nSPS) is 22.1. The molecule has 1 aliphatic rings. The zero-order valence-electron chi connectivity index (χ0n) is 13.2. The maximum absolute atomic E-state index is 12.5. The minimum Gasteiger partial charge on any atom is -0.508 e. The summed E-state index contributed by atoms with van der Waals surface area (Å²) in [5, 5.41) is 24.5. The zero-order chi connectivity index (χ0) is 17.9. The summed E-state index contributed by atoms with van der Waals surface area (Å²) >= 11 is 1.22. The second-order valence-corrected chi connectivity index (χ2v) is 6.37. The predicted molar refractivity (Wildman–Crippen MR) is 91.6 cm³/mol. The number of aliphatic imine (C=N–C) groups is 1. The minimum absolute atomic E-state index is 0.185. The first-order chi connectivity index (χ1) is 11.3. The summed E-state index contributed by atoms with van der Waals surface area (Å²) < 4.78 is 0. The molecular weight excluding hydrogens is 334 g/mol. The Morgan fingerprint density at radius 2 is 2.33 bits per heavy atom. The summed E-state index contributed by atoms with van der Waals surface area (Å²) in [6.45, 7) is 3.37. The number of rotatable bonds is 5. The maximum atomic E-state index is 12.5. The Labute approximate surface area is 142 Å². The summed E-state index contributed by atoms with van der Waals surface area (Å²) in [6.07, 6.45) is 0.474. The first-order valence-electron chi connectivity index (χ1n) is 7.24. The average Bonchev–Trinajstić information content (AvgIpc) is 2.94. The van der Waals surface area contributed by atoms with Crippen LogP contribution in [0.3, 0.4) is 0 Å². The monoisotopic (exact) mass is 353 g/mol. The number of nitrogens with one attached hydrogen (secondary N) is 2. The van der Waals surface area contributed by atoms with Gasteiger partial charge in [-0.15, -0.1) is 11.8 Å². The number of hydrogen-bond acceptors (Lipinski definition) is 8. The molecule has 0 saturated carbocycles. The molecule has 1 aromatic rings. The van der Waals surface area contributed by atoms with E-state index in [1.165, 1.54) is 17.8 Å². The number of amides is 1. The molecule has 0 fully saturated rings. The summed E-state index contributed by atoms with van der Waals surface area (Å²) in [4.78, 5) is 30.7. The molecule has 0 radical (unpaired) electrons. The Bertz CT molecular complexity index is 760. The third kappa shape index (κ3) is 3.77. The van der Waals surface area contributed by atoms with Gasteiger partial charge in [0.2, 0.25) is 0 Å². The molecule has 6 N–H and O–H groups in total. The largest absolute Gasteiger partial charge is 0.508 e. The van der Waals surface area contributed by atoms with Gasteiger partial charge in [0, 0.05) is 23.6 Å². The quantitative estimate of drug-likeness (QED) is 0.291. The molecule has 2 rings (SSSR count). The van der Waals surface area contributed by atoms with Crippen LogP contribution in [0.2, 0.25) is 0 Å². The van der Waals surface area contributed by atoms with Crippen molar-refractivity contribution in [2.75, 3.05) is 5.75 Å². The number of hydrogen-bond donors (Lipinski definition) is 5. The van der Waals surface area contributed by atoms with Crippen molar-refractivity contribution in [3.63, 3.8) is 0 Å². The lowest BCUT2D eigenvalue weighted by molar-refractivity contribution is -0.126. The number of pyridine rings is 1. The van der Waals surface area contributed by atoms with E-state index in [9.17, 15) is 14.7 Å². The van der Waals surface area contributed by atoms with E-state index in [0.717, 1.165) is 6.07 Å². The molecule has 1 amide bonds. The standard InChI is InChI=1S/C14H19N5O4S/c1-3-9(10-4-8(20)5-11(21)16-10)17-13(22)14(15)6-24-12(18-14)7(2)19-23/h4-5,9,23H,3,6,15H2,1-2H3,(H,17,22)(H2,16,20,21)/b19-7+/t9-,14+/m1/s1. The third-order valence-electron chi connectivity index (χ3n) is 3.52. The van der Waals surface area contributed by atoms with Crippen LogP contribution in [0.1, 0.15) is 32.0 Å². The molecule has 0 spiro atoms. The van der Waals surface area contributed by atoms with Crippen molar-refractivity contribution in [1.29, 1.82) is 0 Å². The number of aromatic amines is 1. The fourth-order valence-electron chi connectivity index (χ4n) is 2.19. The van der Waals surface area contributed by atoms with E-state index in [4.69, 9.17) is 10.9 Å². The van der Waals surface area contributed by atoms with E-state index < -0.39 is 23.2 Å². The van der Waals surface area contributed by atoms with Gasteiger partial charge in [-0.1, -0.05) is 12.1 Å². The third-order valence-corrected chi connectivity index (χ3v) is 4.77. The van der Waals surface area contributed by atoms with Crippen molar-refractivity contribution in [1.82, 2.24) is 10.3 Å². The number of nitrogens with zero attached hydrogens (tertiary/aromatic N) is 2. The van der Waals surface area contributed by atoms with Gasteiger partial charge in [0.05, 0.1) is 6.04 Å². The highest BCUT2D eigenvalue weighted by atomic mass is 32.2. The molecule has 24 heavy (non-hydrogen) atoms. The highest BCUT2D eigenvalue weighted by molar-refractivity contribution is 8.16. The fourth-order valence-corrected chi connectivity index (χ4v) is 3.22. The van der Waals surface area contributed by atoms with Gasteiger partial charge in [0.25, 0.3) is 11.5 Å². The van der Waals surface area contributed by atoms with E-state index in [1.54, 1.807) is 6.92 Å². The fraction of sp³-hybridized carbons (Fsp3) is 0.429. The number of aromatic nitrogens is 1. The molecule has 10 heteroatoms. The molecule has 130 valence electrons. The Morgan fingerprint density at radius 3 is 2.92 bits per heavy atom. The predicted octanol–water partition coefficient (Wildman–Crippen LogP) is 0.298. The maximum Gasteiger partial charge on any atom is 0.264 e. The summed E-state index contributed by atoms with van der Waals surface area (Å²) in [5.41, 5.74) is 4.75. The molecule has 0 aromatic carbocycles. The summed E-state index contributed by atoms with van der Waals surface area (Å²) in [5.74, 6) is -0.504. The number of thioether (sulfide) groups is 1. The van der Waals surface area contributed by atoms with Crippen LogP contribution in [0, 0.1) is 0 Å². The van der Waals surface area contributed by atoms with E-state index >= 15 is 0 Å². The van der Waals surface area contributed by atoms with Crippen LogP contribution in [-0.2, 0) is 4.79 Å². The Hall–Kier alpha value is -2.33. The van der Waals surface area contributed by atoms with Crippen molar-refractivity contribution in [2.24, 2.45) is 15.9 Å². The molecule has 0 saturated heterocycles. The highest BCUT2D eigenvalue weighted by Crippen LogP contribution is 2.26. The molecule has 1 aromatic heterocycles. The van der Waals surface area contributed by atoms with Crippen molar-refractivity contribution in [2.45, 2.75) is 32.0 Å². The van der Waals surface area contributed by atoms with Gasteiger partial charge in [-0.3, -0.25) is 15.3 Å². The second kappa shape index (κ2) is 7.05. The van der Waals surface area contributed by atoms with Gasteiger partial charge < -0.3 is 20.6 Å². The topological polar surface area (TPSA) is 153 Å². The van der Waals surface area contributed by atoms with Crippen LogP contribution >= 0.6 is 11.8 Å². The number of oxime groups is 1. The molecule has 0 aliphatic carbocycles. The number of carbonyl (C=O) groups is 1. The zero-order valence-corrected chi connectivity index (χ0v) is 14.1. The average molecular weight is 353 g/mol. The summed E-state index contributed by atoms with van der Waals surface area (Å²) in [6, 6.07) is 1.89. The number of nitrogens with two attached hydrogens (primary N) is 1. The van der Waals surface area contributed by atoms with E-state index in [-0.39, 0.29) is 17.2 Å². The highest BCUT2D eigenvalue weighted by Gasteiger charge is 2.40. The Kier molecular flexibility index (Phi) is 5.30. The first kappa shape index (κ1) is 18.0. The lowest BCUT2D eigenvalue weighted by atomic mass is 10.1. The SMILES string of the molecule is CC[C@@H](NC(=O)[C@]1(N)CSC(/C(C)=N/O)=N1)c1cc(O)cc(=O)[nH]1. The number of aromatic hydroxyl groups is 1. The van der Waals surface area contributed by atoms with Crippen LogP contribution in [0.15, 0.2) is 27.1 Å². The lowest BCUT2D eigenvalue weighted by Crippen LogP contribution is -2.54. The molecule has 2 atom stereocenters. The van der Waals surface area contributed by atoms with Gasteiger partial charge in [0.15, 0.2) is 5.66 Å². The van der Waals surface area contributed by atoms with Crippen LogP contribution in [0.25, 0.3) is 0 Å². The van der Waals surface area contributed by atoms with E-state index in [0.29, 0.717) is 17.2 Å². The smallest absolute Gasteiger partial charge is 0.264 e. The van der Waals surface area contributed by atoms with E-state index in [2.05, 4.69) is 20.4 Å². The van der Waals surface area contributed by atoms with Gasteiger partial charge in [-0.2, -0.15) is 0 Å². The van der Waals surface area contributed by atoms with Gasteiger partial charge in [-0.05, 0) is 13.3 Å². The molecule has 0 unspecified atom stereocenters. The molecular formula is C14H19N5O4S. The van der Waals surface area contributed by atoms with Crippen LogP contribution in [0.5, 0.6) is 5.75 Å². The number of carbonyl (C=O) groups excluding carboxylic acids is 1. The molecule has 2 heterocycles. The lowest BCUT2D eigenvalue weighted by Gasteiger charge is -2.23. The van der Waals surface area contributed by atoms with Crippen molar-refractivity contribution in [3.05, 3.63) is 28.2 Å². The van der Waals surface area contributed by atoms with Crippen molar-refractivity contribution in [3.8, 4) is 5.75 Å². The first-order valence-corrected chi connectivity index (χ1v) is 8.22. The van der Waals surface area contributed by atoms with Crippen LogP contribution < -0.4 is 16.6 Å². The summed E-state index contributed by atoms with van der Waals surface area (Å²) in [7, 11) is 0. The molecule has 9 nitrogen and oxygen atoms in total. The molecule has 1 aliphatic heterocycles.